The van der Waals surface area contributed by atoms with Gasteiger partial charge in [-0.25, -0.2) is 0 Å². The van der Waals surface area contributed by atoms with Gasteiger partial charge in [0.05, 0.1) is 16.5 Å². The first-order chi connectivity index (χ1) is 10.5. The highest BCUT2D eigenvalue weighted by atomic mass is 79.9. The highest BCUT2D eigenvalue weighted by molar-refractivity contribution is 9.10. The molecule has 3 rings (SSSR count). The fourth-order valence-electron chi connectivity index (χ4n) is 2.28. The molecule has 0 bridgehead atoms. The van der Waals surface area contributed by atoms with E-state index in [0.717, 1.165) is 5.56 Å². The third-order valence-electron chi connectivity index (χ3n) is 3.50. The van der Waals surface area contributed by atoms with Crippen LogP contribution in [0, 0.1) is 18.3 Å². The summed E-state index contributed by atoms with van der Waals surface area (Å²) in [6.45, 7) is 1.89. The Bertz CT molecular complexity index is 999. The number of rotatable bonds is 1. The van der Waals surface area contributed by atoms with Crippen molar-refractivity contribution in [3.05, 3.63) is 62.4 Å². The number of halogens is 1. The van der Waals surface area contributed by atoms with Gasteiger partial charge in [0, 0.05) is 4.47 Å². The molecule has 1 aromatic heterocycles. The van der Waals surface area contributed by atoms with Crippen LogP contribution in [0.15, 0.2) is 50.3 Å². The van der Waals surface area contributed by atoms with Crippen molar-refractivity contribution in [3.63, 3.8) is 0 Å². The highest BCUT2D eigenvalue weighted by Gasteiger charge is 2.14. The van der Waals surface area contributed by atoms with Gasteiger partial charge in [-0.2, -0.15) is 5.26 Å². The Balaban J connectivity index is 2.34. The lowest BCUT2D eigenvalue weighted by atomic mass is 10.0. The Morgan fingerprint density at radius 3 is 2.77 bits per heavy atom. The number of aromatic hydroxyl groups is 1. The molecular weight excluding hydrogens is 346 g/mol. The van der Waals surface area contributed by atoms with Gasteiger partial charge in [-0.3, -0.25) is 4.79 Å². The summed E-state index contributed by atoms with van der Waals surface area (Å²) in [5, 5.41) is 19.0. The average Bonchev–Trinajstić information content (AvgIpc) is 2.52. The lowest BCUT2D eigenvalue weighted by Gasteiger charge is -2.06. The van der Waals surface area contributed by atoms with E-state index in [1.54, 1.807) is 12.1 Å². The maximum atomic E-state index is 12.8. The Labute approximate surface area is 134 Å². The van der Waals surface area contributed by atoms with Crippen LogP contribution in [0.2, 0.25) is 0 Å². The summed E-state index contributed by atoms with van der Waals surface area (Å²) in [6.07, 6.45) is 1.37. The van der Waals surface area contributed by atoms with Crippen LogP contribution in [0.5, 0.6) is 5.75 Å². The number of hydrogen-bond donors (Lipinski definition) is 1. The van der Waals surface area contributed by atoms with Gasteiger partial charge in [0.1, 0.15) is 23.7 Å². The van der Waals surface area contributed by atoms with Gasteiger partial charge >= 0.3 is 0 Å². The van der Waals surface area contributed by atoms with E-state index < -0.39 is 0 Å². The summed E-state index contributed by atoms with van der Waals surface area (Å²) >= 11 is 3.43. The maximum absolute atomic E-state index is 12.8. The normalized spacial score (nSPS) is 10.6. The third kappa shape index (κ3) is 2.18. The van der Waals surface area contributed by atoms with Crippen molar-refractivity contribution in [1.82, 2.24) is 0 Å². The monoisotopic (exact) mass is 355 g/mol. The molecule has 0 aliphatic heterocycles. The van der Waals surface area contributed by atoms with Crippen LogP contribution in [-0.2, 0) is 0 Å². The SMILES string of the molecule is Cc1ccc2occ(-c3ccc(O)c(C#N)c3)c(=O)c2c1Br. The van der Waals surface area contributed by atoms with E-state index in [-0.39, 0.29) is 16.7 Å². The zero-order valence-electron chi connectivity index (χ0n) is 11.6. The number of nitriles is 1. The lowest BCUT2D eigenvalue weighted by molar-refractivity contribution is 0.473. The average molecular weight is 356 g/mol. The summed E-state index contributed by atoms with van der Waals surface area (Å²) in [7, 11) is 0. The van der Waals surface area contributed by atoms with Gasteiger partial charge < -0.3 is 9.52 Å². The number of phenolic OH excluding ortho intramolecular Hbond substituents is 1. The van der Waals surface area contributed by atoms with Gasteiger partial charge in [0.15, 0.2) is 0 Å². The van der Waals surface area contributed by atoms with Crippen molar-refractivity contribution in [2.45, 2.75) is 6.92 Å². The second kappa shape index (κ2) is 5.32. The topological polar surface area (TPSA) is 74.2 Å². The van der Waals surface area contributed by atoms with Crippen LogP contribution < -0.4 is 5.43 Å². The summed E-state index contributed by atoms with van der Waals surface area (Å²) in [6, 6.07) is 9.95. The molecule has 4 nitrogen and oxygen atoms in total. The minimum Gasteiger partial charge on any atom is -0.507 e. The quantitative estimate of drug-likeness (QED) is 0.712. The van der Waals surface area contributed by atoms with E-state index >= 15 is 0 Å². The predicted molar refractivity (Wildman–Crippen MR) is 86.7 cm³/mol. The van der Waals surface area contributed by atoms with Crippen molar-refractivity contribution in [2.24, 2.45) is 0 Å². The second-order valence-corrected chi connectivity index (χ2v) is 5.68. The standard InChI is InChI=1S/C17H10BrNO3/c1-9-2-5-14-15(16(9)18)17(21)12(8-22-14)10-3-4-13(20)11(6-10)7-19/h2-6,8,20H,1H3. The Hall–Kier alpha value is -2.58. The molecule has 108 valence electrons. The zero-order valence-corrected chi connectivity index (χ0v) is 13.1. The van der Waals surface area contributed by atoms with Crippen LogP contribution in [0.25, 0.3) is 22.1 Å². The molecule has 0 aliphatic carbocycles. The van der Waals surface area contributed by atoms with Gasteiger partial charge in [0.2, 0.25) is 5.43 Å². The van der Waals surface area contributed by atoms with Gasteiger partial charge in [-0.15, -0.1) is 0 Å². The number of phenols is 1. The van der Waals surface area contributed by atoms with E-state index in [1.807, 2.05) is 19.1 Å². The Morgan fingerprint density at radius 2 is 2.05 bits per heavy atom. The number of benzene rings is 2. The smallest absolute Gasteiger partial charge is 0.201 e. The fourth-order valence-corrected chi connectivity index (χ4v) is 2.78. The predicted octanol–water partition coefficient (Wildman–Crippen LogP) is 4.11. The van der Waals surface area contributed by atoms with E-state index in [2.05, 4.69) is 15.9 Å². The van der Waals surface area contributed by atoms with Crippen molar-refractivity contribution in [1.29, 1.82) is 5.26 Å². The largest absolute Gasteiger partial charge is 0.507 e. The van der Waals surface area contributed by atoms with Crippen LogP contribution >= 0.6 is 15.9 Å². The zero-order chi connectivity index (χ0) is 15.9. The highest BCUT2D eigenvalue weighted by Crippen LogP contribution is 2.29. The van der Waals surface area contributed by atoms with Crippen LogP contribution in [0.4, 0.5) is 0 Å². The second-order valence-electron chi connectivity index (χ2n) is 4.89. The first-order valence-corrected chi connectivity index (χ1v) is 7.26. The summed E-state index contributed by atoms with van der Waals surface area (Å²) < 4.78 is 6.24. The number of fused-ring (bicyclic) bond motifs is 1. The summed E-state index contributed by atoms with van der Waals surface area (Å²) in [4.78, 5) is 12.8. The molecule has 5 heteroatoms. The molecule has 0 amide bonds. The van der Waals surface area contributed by atoms with Crippen LogP contribution in [-0.4, -0.2) is 5.11 Å². The van der Waals surface area contributed by atoms with E-state index in [9.17, 15) is 9.90 Å². The molecule has 0 saturated heterocycles. The number of nitrogens with zero attached hydrogens (tertiary/aromatic N) is 1. The van der Waals surface area contributed by atoms with E-state index in [1.165, 1.54) is 18.4 Å². The molecule has 1 heterocycles. The van der Waals surface area contributed by atoms with Crippen molar-refractivity contribution in [3.8, 4) is 22.9 Å². The molecule has 3 aromatic rings. The molecular formula is C17H10BrNO3. The number of hydrogen-bond acceptors (Lipinski definition) is 4. The lowest BCUT2D eigenvalue weighted by Crippen LogP contribution is -2.06. The maximum Gasteiger partial charge on any atom is 0.201 e. The third-order valence-corrected chi connectivity index (χ3v) is 4.52. The first kappa shape index (κ1) is 14.4. The summed E-state index contributed by atoms with van der Waals surface area (Å²) in [5.74, 6) is -0.117. The van der Waals surface area contributed by atoms with Crippen LogP contribution in [0.3, 0.4) is 0 Å². The van der Waals surface area contributed by atoms with Crippen LogP contribution in [0.1, 0.15) is 11.1 Å². The minimum atomic E-state index is -0.189. The molecule has 2 aromatic carbocycles. The molecule has 0 spiro atoms. The van der Waals surface area contributed by atoms with Crippen molar-refractivity contribution < 1.29 is 9.52 Å². The fraction of sp³-hybridized carbons (Fsp3) is 0.0588. The summed E-state index contributed by atoms with van der Waals surface area (Å²) in [5.41, 5.74) is 2.21. The molecule has 0 fully saturated rings. The molecule has 1 N–H and O–H groups in total. The molecule has 22 heavy (non-hydrogen) atoms. The molecule has 0 saturated carbocycles. The molecule has 0 aliphatic rings. The van der Waals surface area contributed by atoms with Gasteiger partial charge in [-0.1, -0.05) is 12.1 Å². The van der Waals surface area contributed by atoms with E-state index in [0.29, 0.717) is 26.6 Å². The van der Waals surface area contributed by atoms with E-state index in [4.69, 9.17) is 9.68 Å². The molecule has 0 unspecified atom stereocenters. The Morgan fingerprint density at radius 1 is 1.27 bits per heavy atom. The van der Waals surface area contributed by atoms with Crippen molar-refractivity contribution >= 4 is 26.9 Å². The first-order valence-electron chi connectivity index (χ1n) is 6.47. The molecule has 0 radical (unpaired) electrons. The minimum absolute atomic E-state index is 0.111. The van der Waals surface area contributed by atoms with Gasteiger partial charge in [0.25, 0.3) is 0 Å². The van der Waals surface area contributed by atoms with Gasteiger partial charge in [-0.05, 0) is 52.2 Å². The Kier molecular flexibility index (Phi) is 3.47. The number of aryl methyl sites for hydroxylation is 1. The van der Waals surface area contributed by atoms with Crippen molar-refractivity contribution in [2.75, 3.05) is 0 Å². The molecule has 0 atom stereocenters.